The summed E-state index contributed by atoms with van der Waals surface area (Å²) >= 11 is 0. The van der Waals surface area contributed by atoms with E-state index in [0.29, 0.717) is 18.0 Å². The highest BCUT2D eigenvalue weighted by Crippen LogP contribution is 2.11. The van der Waals surface area contributed by atoms with E-state index in [9.17, 15) is 0 Å². The van der Waals surface area contributed by atoms with E-state index in [2.05, 4.69) is 36.9 Å². The number of terminal acetylenes is 1. The Labute approximate surface area is 81.7 Å². The first-order chi connectivity index (χ1) is 6.15. The smallest absolute Gasteiger partial charge is 0.0602 e. The molecular weight excluding hydrogens is 160 g/mol. The zero-order valence-corrected chi connectivity index (χ0v) is 8.88. The highest BCUT2D eigenvalue weighted by molar-refractivity contribution is 4.94. The lowest BCUT2D eigenvalue weighted by Gasteiger charge is -2.39. The van der Waals surface area contributed by atoms with Gasteiger partial charge >= 0.3 is 0 Å². The minimum absolute atomic E-state index is 0.575. The van der Waals surface area contributed by atoms with Crippen molar-refractivity contribution in [1.82, 2.24) is 10.2 Å². The third-order valence-electron chi connectivity index (χ3n) is 2.83. The lowest BCUT2D eigenvalue weighted by Crippen LogP contribution is -2.57. The van der Waals surface area contributed by atoms with E-state index in [1.807, 2.05) is 0 Å². The molecule has 0 aromatic carbocycles. The quantitative estimate of drug-likeness (QED) is 0.636. The second-order valence-corrected chi connectivity index (χ2v) is 4.24. The average molecular weight is 180 g/mol. The van der Waals surface area contributed by atoms with Gasteiger partial charge in [0.05, 0.1) is 6.54 Å². The SMILES string of the molecule is C#CCN1CC(C(C)C)NCC1C. The molecule has 1 heterocycles. The number of hydrogen-bond donors (Lipinski definition) is 1. The summed E-state index contributed by atoms with van der Waals surface area (Å²) in [5.74, 6) is 3.41. The van der Waals surface area contributed by atoms with Crippen LogP contribution in [0.15, 0.2) is 0 Å². The molecule has 2 nitrogen and oxygen atoms in total. The number of hydrogen-bond acceptors (Lipinski definition) is 2. The predicted octanol–water partition coefficient (Wildman–Crippen LogP) is 0.938. The van der Waals surface area contributed by atoms with Crippen molar-refractivity contribution in [2.75, 3.05) is 19.6 Å². The summed E-state index contributed by atoms with van der Waals surface area (Å²) in [7, 11) is 0. The largest absolute Gasteiger partial charge is 0.311 e. The van der Waals surface area contributed by atoms with Crippen molar-refractivity contribution in [2.24, 2.45) is 5.92 Å². The summed E-state index contributed by atoms with van der Waals surface area (Å²) < 4.78 is 0. The van der Waals surface area contributed by atoms with Gasteiger partial charge in [0.2, 0.25) is 0 Å². The molecule has 1 aliphatic rings. The zero-order valence-electron chi connectivity index (χ0n) is 8.88. The van der Waals surface area contributed by atoms with E-state index in [1.165, 1.54) is 0 Å². The lowest BCUT2D eigenvalue weighted by molar-refractivity contribution is 0.139. The van der Waals surface area contributed by atoms with Gasteiger partial charge in [0.1, 0.15) is 0 Å². The second kappa shape index (κ2) is 4.64. The zero-order chi connectivity index (χ0) is 9.84. The molecule has 2 unspecified atom stereocenters. The topological polar surface area (TPSA) is 15.3 Å². The van der Waals surface area contributed by atoms with Crippen LogP contribution < -0.4 is 5.32 Å². The first kappa shape index (κ1) is 10.6. The fourth-order valence-electron chi connectivity index (χ4n) is 1.73. The molecule has 1 aliphatic heterocycles. The highest BCUT2D eigenvalue weighted by Gasteiger charge is 2.25. The van der Waals surface area contributed by atoms with Gasteiger partial charge in [-0.3, -0.25) is 4.90 Å². The van der Waals surface area contributed by atoms with Crippen LogP contribution in [-0.2, 0) is 0 Å². The molecule has 0 radical (unpaired) electrons. The highest BCUT2D eigenvalue weighted by atomic mass is 15.2. The lowest BCUT2D eigenvalue weighted by atomic mass is 10.00. The molecule has 1 fully saturated rings. The van der Waals surface area contributed by atoms with Crippen LogP contribution in [0.25, 0.3) is 0 Å². The molecule has 0 spiro atoms. The Morgan fingerprint density at radius 1 is 1.62 bits per heavy atom. The fraction of sp³-hybridized carbons (Fsp3) is 0.818. The molecule has 0 bridgehead atoms. The van der Waals surface area contributed by atoms with E-state index < -0.39 is 0 Å². The number of nitrogens with zero attached hydrogens (tertiary/aromatic N) is 1. The van der Waals surface area contributed by atoms with Gasteiger partial charge in [-0.1, -0.05) is 19.8 Å². The Balaban J connectivity index is 2.48. The number of rotatable bonds is 2. The molecule has 0 amide bonds. The molecule has 2 atom stereocenters. The van der Waals surface area contributed by atoms with Crippen LogP contribution in [0.3, 0.4) is 0 Å². The van der Waals surface area contributed by atoms with E-state index >= 15 is 0 Å². The molecule has 1 saturated heterocycles. The maximum Gasteiger partial charge on any atom is 0.0602 e. The third kappa shape index (κ3) is 2.72. The molecule has 0 aromatic heterocycles. The first-order valence-corrected chi connectivity index (χ1v) is 5.06. The summed E-state index contributed by atoms with van der Waals surface area (Å²) in [6.07, 6.45) is 5.33. The van der Waals surface area contributed by atoms with Gasteiger partial charge < -0.3 is 5.32 Å². The molecule has 1 rings (SSSR count). The van der Waals surface area contributed by atoms with Crippen molar-refractivity contribution in [3.63, 3.8) is 0 Å². The summed E-state index contributed by atoms with van der Waals surface area (Å²) in [5.41, 5.74) is 0. The summed E-state index contributed by atoms with van der Waals surface area (Å²) in [6, 6.07) is 1.18. The minimum Gasteiger partial charge on any atom is -0.311 e. The second-order valence-electron chi connectivity index (χ2n) is 4.24. The normalized spacial score (nSPS) is 30.4. The third-order valence-corrected chi connectivity index (χ3v) is 2.83. The van der Waals surface area contributed by atoms with Gasteiger partial charge in [0.25, 0.3) is 0 Å². The summed E-state index contributed by atoms with van der Waals surface area (Å²) in [5, 5.41) is 3.55. The molecule has 1 N–H and O–H groups in total. The molecule has 13 heavy (non-hydrogen) atoms. The van der Waals surface area contributed by atoms with Crippen LogP contribution in [-0.4, -0.2) is 36.6 Å². The van der Waals surface area contributed by atoms with Gasteiger partial charge in [-0.15, -0.1) is 6.42 Å². The van der Waals surface area contributed by atoms with Gasteiger partial charge in [-0.05, 0) is 12.8 Å². The Kier molecular flexibility index (Phi) is 3.77. The standard InChI is InChI=1S/C11H20N2/c1-5-6-13-8-11(9(2)3)12-7-10(13)4/h1,9-12H,6-8H2,2-4H3. The average Bonchev–Trinajstić information content (AvgIpc) is 2.08. The molecular formula is C11H20N2. The Morgan fingerprint density at radius 2 is 2.31 bits per heavy atom. The van der Waals surface area contributed by atoms with Gasteiger partial charge in [-0.25, -0.2) is 0 Å². The van der Waals surface area contributed by atoms with Crippen LogP contribution in [0.5, 0.6) is 0 Å². The van der Waals surface area contributed by atoms with Crippen molar-refractivity contribution in [2.45, 2.75) is 32.9 Å². The predicted molar refractivity (Wildman–Crippen MR) is 56.5 cm³/mol. The fourth-order valence-corrected chi connectivity index (χ4v) is 1.73. The Bertz CT molecular complexity index is 193. The summed E-state index contributed by atoms with van der Waals surface area (Å²) in [6.45, 7) is 9.66. The van der Waals surface area contributed by atoms with Crippen molar-refractivity contribution < 1.29 is 0 Å². The monoisotopic (exact) mass is 180 g/mol. The Morgan fingerprint density at radius 3 is 2.85 bits per heavy atom. The van der Waals surface area contributed by atoms with Crippen LogP contribution in [0.1, 0.15) is 20.8 Å². The van der Waals surface area contributed by atoms with Crippen LogP contribution in [0.2, 0.25) is 0 Å². The molecule has 0 saturated carbocycles. The number of piperazine rings is 1. The first-order valence-electron chi connectivity index (χ1n) is 5.06. The van der Waals surface area contributed by atoms with Gasteiger partial charge in [0.15, 0.2) is 0 Å². The molecule has 74 valence electrons. The van der Waals surface area contributed by atoms with E-state index in [0.717, 1.165) is 19.6 Å². The Hall–Kier alpha value is -0.520. The molecule has 0 aromatic rings. The van der Waals surface area contributed by atoms with Gasteiger partial charge in [0, 0.05) is 25.2 Å². The van der Waals surface area contributed by atoms with Crippen molar-refractivity contribution in [3.8, 4) is 12.3 Å². The van der Waals surface area contributed by atoms with Crippen molar-refractivity contribution in [3.05, 3.63) is 0 Å². The van der Waals surface area contributed by atoms with E-state index in [-0.39, 0.29) is 0 Å². The van der Waals surface area contributed by atoms with Crippen LogP contribution in [0.4, 0.5) is 0 Å². The van der Waals surface area contributed by atoms with Crippen molar-refractivity contribution in [1.29, 1.82) is 0 Å². The molecule has 0 aliphatic carbocycles. The number of nitrogens with one attached hydrogen (secondary N) is 1. The van der Waals surface area contributed by atoms with Gasteiger partial charge in [-0.2, -0.15) is 0 Å². The molecule has 2 heteroatoms. The van der Waals surface area contributed by atoms with Crippen LogP contribution in [0, 0.1) is 18.3 Å². The minimum atomic E-state index is 0.575. The maximum atomic E-state index is 5.33. The maximum absolute atomic E-state index is 5.33. The summed E-state index contributed by atoms with van der Waals surface area (Å²) in [4.78, 5) is 2.38. The van der Waals surface area contributed by atoms with Crippen LogP contribution >= 0.6 is 0 Å². The van der Waals surface area contributed by atoms with E-state index in [4.69, 9.17) is 6.42 Å². The van der Waals surface area contributed by atoms with E-state index in [1.54, 1.807) is 0 Å². The van der Waals surface area contributed by atoms with Crippen molar-refractivity contribution >= 4 is 0 Å².